The van der Waals surface area contributed by atoms with Gasteiger partial charge in [-0.3, -0.25) is 15.6 Å². The van der Waals surface area contributed by atoms with Gasteiger partial charge < -0.3 is 27.4 Å². The van der Waals surface area contributed by atoms with Gasteiger partial charge in [-0.25, -0.2) is 0 Å². The van der Waals surface area contributed by atoms with Crippen molar-refractivity contribution in [3.8, 4) is 0 Å². The Kier molecular flexibility index (Phi) is 5.59. The molecule has 0 heterocycles. The topological polar surface area (TPSA) is 153 Å². The molecule has 8 heteroatoms. The van der Waals surface area contributed by atoms with Gasteiger partial charge in [0.05, 0.1) is 6.54 Å². The second kappa shape index (κ2) is 6.52. The van der Waals surface area contributed by atoms with Crippen LogP contribution in [0.2, 0.25) is 0 Å². The van der Waals surface area contributed by atoms with Crippen molar-refractivity contribution in [1.29, 1.82) is 10.8 Å². The maximum absolute atomic E-state index is 11.0. The van der Waals surface area contributed by atoms with E-state index in [1.54, 1.807) is 0 Å². The molecule has 1 amide bonds. The van der Waals surface area contributed by atoms with E-state index in [0.29, 0.717) is 13.1 Å². The molecule has 0 saturated carbocycles. The first-order chi connectivity index (χ1) is 6.52. The summed E-state index contributed by atoms with van der Waals surface area (Å²) in [6.07, 6.45) is 0. The summed E-state index contributed by atoms with van der Waals surface area (Å²) in [6.45, 7) is 0.717. The van der Waals surface area contributed by atoms with Crippen molar-refractivity contribution in [2.75, 3.05) is 19.6 Å². The Hall–Kier alpha value is -1.99. The van der Waals surface area contributed by atoms with Crippen LogP contribution in [0.3, 0.4) is 0 Å². The quantitative estimate of drug-likeness (QED) is 0.144. The molecule has 0 aliphatic carbocycles. The predicted octanol–water partition coefficient (Wildman–Crippen LogP) is -2.93. The molecule has 0 unspecified atom stereocenters. The highest BCUT2D eigenvalue weighted by molar-refractivity contribution is 5.84. The van der Waals surface area contributed by atoms with Crippen LogP contribution in [0.5, 0.6) is 0 Å². The monoisotopic (exact) mass is 201 g/mol. The normalized spacial score (nSPS) is 8.86. The number of hydrogen-bond donors (Lipinski definition) is 7. The number of nitrogens with one attached hydrogen (secondary N) is 5. The van der Waals surface area contributed by atoms with E-state index >= 15 is 0 Å². The van der Waals surface area contributed by atoms with Crippen LogP contribution in [0.4, 0.5) is 0 Å². The fourth-order valence-electron chi connectivity index (χ4n) is 0.637. The lowest BCUT2D eigenvalue weighted by Gasteiger charge is -2.06. The van der Waals surface area contributed by atoms with Gasteiger partial charge in [-0.1, -0.05) is 0 Å². The second-order valence-electron chi connectivity index (χ2n) is 2.46. The van der Waals surface area contributed by atoms with Crippen LogP contribution in [-0.2, 0) is 4.79 Å². The van der Waals surface area contributed by atoms with Crippen LogP contribution in [0.15, 0.2) is 0 Å². The average Bonchev–Trinajstić information content (AvgIpc) is 2.08. The van der Waals surface area contributed by atoms with Crippen LogP contribution in [-0.4, -0.2) is 37.5 Å². The number of hydrogen-bond acceptors (Lipinski definition) is 3. The van der Waals surface area contributed by atoms with Gasteiger partial charge in [-0.2, -0.15) is 0 Å². The molecule has 0 aliphatic rings. The Morgan fingerprint density at radius 3 is 2.00 bits per heavy atom. The summed E-state index contributed by atoms with van der Waals surface area (Å²) in [5.74, 6) is -0.659. The summed E-state index contributed by atoms with van der Waals surface area (Å²) in [5.41, 5.74) is 9.98. The van der Waals surface area contributed by atoms with Gasteiger partial charge in [0.2, 0.25) is 5.91 Å². The van der Waals surface area contributed by atoms with Gasteiger partial charge in [-0.15, -0.1) is 0 Å². The zero-order valence-corrected chi connectivity index (χ0v) is 7.68. The smallest absolute Gasteiger partial charge is 0.239 e. The molecule has 14 heavy (non-hydrogen) atoms. The number of carbonyl (C=O) groups is 1. The lowest BCUT2D eigenvalue weighted by molar-refractivity contribution is -0.119. The molecule has 0 aromatic heterocycles. The Morgan fingerprint density at radius 2 is 1.50 bits per heavy atom. The third kappa shape index (κ3) is 8.11. The minimum absolute atomic E-state index is 0.0323. The highest BCUT2D eigenvalue weighted by Gasteiger charge is 1.99. The van der Waals surface area contributed by atoms with Crippen molar-refractivity contribution in [2.24, 2.45) is 11.5 Å². The van der Waals surface area contributed by atoms with Gasteiger partial charge in [0, 0.05) is 13.1 Å². The first-order valence-corrected chi connectivity index (χ1v) is 3.95. The van der Waals surface area contributed by atoms with Crippen LogP contribution < -0.4 is 27.4 Å². The first kappa shape index (κ1) is 12.0. The number of rotatable bonds is 5. The first-order valence-electron chi connectivity index (χ1n) is 3.95. The molecule has 0 spiro atoms. The Morgan fingerprint density at radius 1 is 1.00 bits per heavy atom. The van der Waals surface area contributed by atoms with E-state index < -0.39 is 0 Å². The van der Waals surface area contributed by atoms with E-state index in [-0.39, 0.29) is 24.4 Å². The molecule has 0 bridgehead atoms. The molecule has 80 valence electrons. The Balaban J connectivity index is 3.36. The van der Waals surface area contributed by atoms with Crippen LogP contribution in [0.25, 0.3) is 0 Å². The second-order valence-corrected chi connectivity index (χ2v) is 2.46. The molecule has 0 aromatic carbocycles. The van der Waals surface area contributed by atoms with Crippen molar-refractivity contribution in [2.45, 2.75) is 0 Å². The van der Waals surface area contributed by atoms with E-state index in [4.69, 9.17) is 22.3 Å². The molecule has 0 saturated heterocycles. The minimum atomic E-state index is -0.273. The standard InChI is InChI=1S/C6H15N7O/c7-5(8)12-2-1-11-4(14)3-13-6(9)10/h1-3H2,(H,11,14)(H4,7,8,12)(H4,9,10,13). The molecule has 0 aromatic rings. The third-order valence-electron chi connectivity index (χ3n) is 1.20. The molecule has 0 rings (SSSR count). The van der Waals surface area contributed by atoms with Gasteiger partial charge >= 0.3 is 0 Å². The molecule has 0 fully saturated rings. The van der Waals surface area contributed by atoms with Gasteiger partial charge in [0.15, 0.2) is 11.9 Å². The lowest BCUT2D eigenvalue weighted by atomic mass is 10.5. The maximum Gasteiger partial charge on any atom is 0.239 e. The SMILES string of the molecule is N=C(N)NCCNC(=O)CNC(=N)N. The number of guanidine groups is 2. The summed E-state index contributed by atoms with van der Waals surface area (Å²) >= 11 is 0. The molecule has 0 aliphatic heterocycles. The minimum Gasteiger partial charge on any atom is -0.370 e. The van der Waals surface area contributed by atoms with E-state index in [1.807, 2.05) is 0 Å². The highest BCUT2D eigenvalue weighted by atomic mass is 16.1. The van der Waals surface area contributed by atoms with E-state index in [1.165, 1.54) is 0 Å². The fraction of sp³-hybridized carbons (Fsp3) is 0.500. The largest absolute Gasteiger partial charge is 0.370 e. The van der Waals surface area contributed by atoms with Gasteiger partial charge in [0.25, 0.3) is 0 Å². The van der Waals surface area contributed by atoms with E-state index in [9.17, 15) is 4.79 Å². The van der Waals surface area contributed by atoms with Crippen LogP contribution in [0.1, 0.15) is 0 Å². The summed E-state index contributed by atoms with van der Waals surface area (Å²) in [6, 6.07) is 0. The van der Waals surface area contributed by atoms with Crippen LogP contribution in [0, 0.1) is 10.8 Å². The zero-order valence-electron chi connectivity index (χ0n) is 7.68. The number of nitrogens with two attached hydrogens (primary N) is 2. The summed E-state index contributed by atoms with van der Waals surface area (Å²) in [4.78, 5) is 11.0. The van der Waals surface area contributed by atoms with Crippen molar-refractivity contribution < 1.29 is 4.79 Å². The zero-order chi connectivity index (χ0) is 11.0. The highest BCUT2D eigenvalue weighted by Crippen LogP contribution is 1.63. The predicted molar refractivity (Wildman–Crippen MR) is 52.8 cm³/mol. The molecular weight excluding hydrogens is 186 g/mol. The van der Waals surface area contributed by atoms with Gasteiger partial charge in [0.1, 0.15) is 0 Å². The maximum atomic E-state index is 11.0. The van der Waals surface area contributed by atoms with Crippen molar-refractivity contribution >= 4 is 17.8 Å². The van der Waals surface area contributed by atoms with Crippen molar-refractivity contribution in [3.63, 3.8) is 0 Å². The average molecular weight is 201 g/mol. The van der Waals surface area contributed by atoms with Crippen molar-refractivity contribution in [1.82, 2.24) is 16.0 Å². The van der Waals surface area contributed by atoms with E-state index in [0.717, 1.165) is 0 Å². The van der Waals surface area contributed by atoms with Gasteiger partial charge in [-0.05, 0) is 0 Å². The van der Waals surface area contributed by atoms with Crippen LogP contribution >= 0.6 is 0 Å². The molecule has 8 nitrogen and oxygen atoms in total. The third-order valence-corrected chi connectivity index (χ3v) is 1.20. The fourth-order valence-corrected chi connectivity index (χ4v) is 0.637. The molecule has 9 N–H and O–H groups in total. The summed E-state index contributed by atoms with van der Waals surface area (Å²) < 4.78 is 0. The summed E-state index contributed by atoms with van der Waals surface area (Å²) in [5, 5.41) is 21.0. The Labute approximate surface area is 81.4 Å². The Bertz CT molecular complexity index is 226. The lowest BCUT2D eigenvalue weighted by Crippen LogP contribution is -2.42. The molecular formula is C6H15N7O. The number of amides is 1. The molecule has 0 atom stereocenters. The molecule has 0 radical (unpaired) electrons. The summed E-state index contributed by atoms with van der Waals surface area (Å²) in [7, 11) is 0. The van der Waals surface area contributed by atoms with E-state index in [2.05, 4.69) is 16.0 Å². The number of carbonyl (C=O) groups excluding carboxylic acids is 1. The van der Waals surface area contributed by atoms with Crippen molar-refractivity contribution in [3.05, 3.63) is 0 Å².